The molecule has 1 aliphatic heterocycles. The summed E-state index contributed by atoms with van der Waals surface area (Å²) >= 11 is 5.99. The minimum atomic E-state index is -0.366. The van der Waals surface area contributed by atoms with Crippen LogP contribution in [0.25, 0.3) is 0 Å². The standard InChI is InChI=1S/C18H19ClN2O3/c1-11-4-2-3-5-15(11)20-16(22)8-9-21-17(23)13-7-6-12(19)10-14(13)18(21)24/h2-6,13-14H,7-10H2,1H3,(H,20,22). The van der Waals surface area contributed by atoms with E-state index in [4.69, 9.17) is 11.6 Å². The first-order valence-electron chi connectivity index (χ1n) is 8.02. The van der Waals surface area contributed by atoms with Gasteiger partial charge in [-0.15, -0.1) is 0 Å². The maximum Gasteiger partial charge on any atom is 0.233 e. The van der Waals surface area contributed by atoms with E-state index in [2.05, 4.69) is 5.32 Å². The van der Waals surface area contributed by atoms with E-state index in [9.17, 15) is 14.4 Å². The smallest absolute Gasteiger partial charge is 0.233 e. The third kappa shape index (κ3) is 3.22. The summed E-state index contributed by atoms with van der Waals surface area (Å²) in [6, 6.07) is 7.47. The summed E-state index contributed by atoms with van der Waals surface area (Å²) in [6.07, 6.45) is 2.82. The Labute approximate surface area is 145 Å². The van der Waals surface area contributed by atoms with Crippen LogP contribution in [0.3, 0.4) is 0 Å². The average molecular weight is 347 g/mol. The number of hydrogen-bond donors (Lipinski definition) is 1. The molecule has 126 valence electrons. The highest BCUT2D eigenvalue weighted by Crippen LogP contribution is 2.38. The maximum atomic E-state index is 12.4. The average Bonchev–Trinajstić information content (AvgIpc) is 2.78. The van der Waals surface area contributed by atoms with E-state index in [1.54, 1.807) is 0 Å². The summed E-state index contributed by atoms with van der Waals surface area (Å²) in [5.41, 5.74) is 1.71. The van der Waals surface area contributed by atoms with Gasteiger partial charge in [0.15, 0.2) is 0 Å². The first-order valence-corrected chi connectivity index (χ1v) is 8.40. The number of rotatable bonds is 4. The van der Waals surface area contributed by atoms with Crippen molar-refractivity contribution in [2.75, 3.05) is 11.9 Å². The van der Waals surface area contributed by atoms with Gasteiger partial charge in [-0.2, -0.15) is 0 Å². The van der Waals surface area contributed by atoms with Crippen molar-refractivity contribution in [2.45, 2.75) is 26.2 Å². The summed E-state index contributed by atoms with van der Waals surface area (Å²) in [5.74, 6) is -1.29. The fraction of sp³-hybridized carbons (Fsp3) is 0.389. The van der Waals surface area contributed by atoms with Crippen LogP contribution in [-0.2, 0) is 14.4 Å². The molecule has 1 N–H and O–H groups in total. The number of likely N-dealkylation sites (tertiary alicyclic amines) is 1. The number of carbonyl (C=O) groups excluding carboxylic acids is 3. The van der Waals surface area contributed by atoms with Gasteiger partial charge in [-0.3, -0.25) is 19.3 Å². The normalized spacial score (nSPS) is 23.1. The van der Waals surface area contributed by atoms with Crippen molar-refractivity contribution >= 4 is 35.0 Å². The van der Waals surface area contributed by atoms with Crippen LogP contribution in [-0.4, -0.2) is 29.2 Å². The van der Waals surface area contributed by atoms with Crippen molar-refractivity contribution in [3.8, 4) is 0 Å². The van der Waals surface area contributed by atoms with Crippen molar-refractivity contribution in [1.29, 1.82) is 0 Å². The molecular formula is C18H19ClN2O3. The fourth-order valence-electron chi connectivity index (χ4n) is 3.26. The van der Waals surface area contributed by atoms with Crippen molar-refractivity contribution in [3.05, 3.63) is 40.9 Å². The lowest BCUT2D eigenvalue weighted by molar-refractivity contribution is -0.140. The number of nitrogens with zero attached hydrogens (tertiary/aromatic N) is 1. The largest absolute Gasteiger partial charge is 0.326 e. The third-order valence-electron chi connectivity index (χ3n) is 4.64. The van der Waals surface area contributed by atoms with Crippen molar-refractivity contribution < 1.29 is 14.4 Å². The molecule has 0 radical (unpaired) electrons. The van der Waals surface area contributed by atoms with Gasteiger partial charge in [-0.25, -0.2) is 0 Å². The quantitative estimate of drug-likeness (QED) is 0.852. The predicted octanol–water partition coefficient (Wildman–Crippen LogP) is 2.84. The SMILES string of the molecule is Cc1ccccc1NC(=O)CCN1C(=O)C2CC=C(Cl)CC2C1=O. The van der Waals surface area contributed by atoms with E-state index in [1.807, 2.05) is 37.3 Å². The number of aryl methyl sites for hydroxylation is 1. The highest BCUT2D eigenvalue weighted by molar-refractivity contribution is 6.30. The van der Waals surface area contributed by atoms with Crippen LogP contribution >= 0.6 is 11.6 Å². The lowest BCUT2D eigenvalue weighted by Crippen LogP contribution is -2.34. The molecule has 1 aliphatic carbocycles. The monoisotopic (exact) mass is 346 g/mol. The van der Waals surface area contributed by atoms with Gasteiger partial charge in [0.1, 0.15) is 0 Å². The highest BCUT2D eigenvalue weighted by atomic mass is 35.5. The van der Waals surface area contributed by atoms with Crippen molar-refractivity contribution in [2.24, 2.45) is 11.8 Å². The molecule has 3 amide bonds. The minimum Gasteiger partial charge on any atom is -0.326 e. The fourth-order valence-corrected chi connectivity index (χ4v) is 3.51. The van der Waals surface area contributed by atoms with E-state index < -0.39 is 0 Å². The summed E-state index contributed by atoms with van der Waals surface area (Å²) in [4.78, 5) is 38.1. The first kappa shape index (κ1) is 16.7. The Morgan fingerprint density at radius 2 is 1.96 bits per heavy atom. The van der Waals surface area contributed by atoms with Crippen LogP contribution in [0.4, 0.5) is 5.69 Å². The Morgan fingerprint density at radius 3 is 2.71 bits per heavy atom. The summed E-state index contributed by atoms with van der Waals surface area (Å²) in [5, 5.41) is 3.45. The number of allylic oxidation sites excluding steroid dienone is 2. The molecule has 0 bridgehead atoms. The van der Waals surface area contributed by atoms with E-state index in [0.29, 0.717) is 17.9 Å². The second kappa shape index (κ2) is 6.77. The van der Waals surface area contributed by atoms with Crippen LogP contribution in [0.1, 0.15) is 24.8 Å². The highest BCUT2D eigenvalue weighted by Gasteiger charge is 2.48. The molecule has 1 aromatic carbocycles. The first-order chi connectivity index (χ1) is 11.5. The lowest BCUT2D eigenvalue weighted by Gasteiger charge is -2.17. The molecule has 0 spiro atoms. The Kier molecular flexibility index (Phi) is 4.71. The van der Waals surface area contributed by atoms with Gasteiger partial charge in [0.2, 0.25) is 17.7 Å². The van der Waals surface area contributed by atoms with Gasteiger partial charge in [0.25, 0.3) is 0 Å². The van der Waals surface area contributed by atoms with Gasteiger partial charge in [0, 0.05) is 23.7 Å². The number of anilines is 1. The van der Waals surface area contributed by atoms with Crippen LogP contribution in [0.5, 0.6) is 0 Å². The molecule has 5 nitrogen and oxygen atoms in total. The molecule has 2 atom stereocenters. The number of fused-ring (bicyclic) bond motifs is 1. The Morgan fingerprint density at radius 1 is 1.25 bits per heavy atom. The predicted molar refractivity (Wildman–Crippen MR) is 91.3 cm³/mol. The van der Waals surface area contributed by atoms with Crippen LogP contribution in [0, 0.1) is 18.8 Å². The molecule has 2 aliphatic rings. The topological polar surface area (TPSA) is 66.5 Å². The summed E-state index contributed by atoms with van der Waals surface area (Å²) < 4.78 is 0. The lowest BCUT2D eigenvalue weighted by atomic mass is 9.85. The molecule has 1 heterocycles. The molecule has 6 heteroatoms. The van der Waals surface area contributed by atoms with Crippen LogP contribution in [0.2, 0.25) is 0 Å². The number of amides is 3. The minimum absolute atomic E-state index is 0.0897. The Balaban J connectivity index is 1.59. The number of hydrogen-bond acceptors (Lipinski definition) is 3. The van der Waals surface area contributed by atoms with Crippen LogP contribution < -0.4 is 5.32 Å². The van der Waals surface area contributed by atoms with Gasteiger partial charge in [-0.05, 0) is 31.4 Å². The number of imide groups is 1. The molecule has 24 heavy (non-hydrogen) atoms. The zero-order valence-electron chi connectivity index (χ0n) is 13.4. The number of nitrogens with one attached hydrogen (secondary N) is 1. The summed E-state index contributed by atoms with van der Waals surface area (Å²) in [6.45, 7) is 2.02. The molecule has 1 fully saturated rings. The Bertz CT molecular complexity index is 729. The number of halogens is 1. The van der Waals surface area contributed by atoms with Gasteiger partial charge >= 0.3 is 0 Å². The zero-order chi connectivity index (χ0) is 17.3. The zero-order valence-corrected chi connectivity index (χ0v) is 14.2. The Hall–Kier alpha value is -2.14. The second-order valence-electron chi connectivity index (χ2n) is 6.25. The molecule has 3 rings (SSSR count). The molecule has 1 saturated heterocycles. The third-order valence-corrected chi connectivity index (χ3v) is 4.95. The van der Waals surface area contributed by atoms with E-state index in [0.717, 1.165) is 11.3 Å². The molecular weight excluding hydrogens is 328 g/mol. The summed E-state index contributed by atoms with van der Waals surface area (Å²) in [7, 11) is 0. The number of carbonyl (C=O) groups is 3. The van der Waals surface area contributed by atoms with Crippen molar-refractivity contribution in [1.82, 2.24) is 4.90 Å². The molecule has 1 aromatic rings. The van der Waals surface area contributed by atoms with Crippen LogP contribution in [0.15, 0.2) is 35.4 Å². The maximum absolute atomic E-state index is 12.4. The second-order valence-corrected chi connectivity index (χ2v) is 6.73. The number of para-hydroxylation sites is 1. The molecule has 2 unspecified atom stereocenters. The molecule has 0 saturated carbocycles. The van der Waals surface area contributed by atoms with E-state index in [1.165, 1.54) is 4.90 Å². The van der Waals surface area contributed by atoms with Gasteiger partial charge in [-0.1, -0.05) is 35.9 Å². The van der Waals surface area contributed by atoms with E-state index in [-0.39, 0.29) is 42.5 Å². The van der Waals surface area contributed by atoms with Crippen molar-refractivity contribution in [3.63, 3.8) is 0 Å². The van der Waals surface area contributed by atoms with Gasteiger partial charge < -0.3 is 5.32 Å². The number of benzene rings is 1. The molecule has 0 aromatic heterocycles. The van der Waals surface area contributed by atoms with E-state index >= 15 is 0 Å². The van der Waals surface area contributed by atoms with Gasteiger partial charge in [0.05, 0.1) is 11.8 Å².